The standard InChI is InChI=1S/C19H32N4O/c1-4-10-19(2,20)18(24)22(3)13-7-16-8-14-23(15-9-16)17-5-11-21-12-6-17/h5-6,11-12,16H,4,7-10,13-15,20H2,1-3H3. The zero-order chi connectivity index (χ0) is 17.6. The number of anilines is 1. The molecule has 1 aliphatic heterocycles. The normalized spacial score (nSPS) is 18.2. The van der Waals surface area contributed by atoms with Gasteiger partial charge in [0.15, 0.2) is 0 Å². The summed E-state index contributed by atoms with van der Waals surface area (Å²) in [6.07, 6.45) is 8.79. The highest BCUT2D eigenvalue weighted by Crippen LogP contribution is 2.25. The molecule has 1 aromatic rings. The molecule has 1 fully saturated rings. The van der Waals surface area contributed by atoms with Gasteiger partial charge in [0.2, 0.25) is 5.91 Å². The van der Waals surface area contributed by atoms with Gasteiger partial charge in [-0.15, -0.1) is 0 Å². The van der Waals surface area contributed by atoms with E-state index in [1.807, 2.05) is 31.3 Å². The van der Waals surface area contributed by atoms with Crippen molar-refractivity contribution in [2.75, 3.05) is 31.6 Å². The Kier molecular flexibility index (Phi) is 6.60. The van der Waals surface area contributed by atoms with Gasteiger partial charge in [0.1, 0.15) is 0 Å². The molecule has 134 valence electrons. The van der Waals surface area contributed by atoms with Crippen LogP contribution in [0.3, 0.4) is 0 Å². The summed E-state index contributed by atoms with van der Waals surface area (Å²) in [7, 11) is 1.88. The minimum absolute atomic E-state index is 0.0681. The SMILES string of the molecule is CCCC(C)(N)C(=O)N(C)CCC1CCN(c2ccncc2)CC1. The molecule has 0 radical (unpaired) electrons. The van der Waals surface area contributed by atoms with Gasteiger partial charge in [-0.2, -0.15) is 0 Å². The van der Waals surface area contributed by atoms with Crippen molar-refractivity contribution in [1.82, 2.24) is 9.88 Å². The molecule has 5 nitrogen and oxygen atoms in total. The van der Waals surface area contributed by atoms with Gasteiger partial charge in [-0.1, -0.05) is 13.3 Å². The van der Waals surface area contributed by atoms with E-state index in [-0.39, 0.29) is 5.91 Å². The predicted molar refractivity (Wildman–Crippen MR) is 98.9 cm³/mol. The lowest BCUT2D eigenvalue weighted by molar-refractivity contribution is -0.135. The average molecular weight is 332 g/mol. The first kappa shape index (κ1) is 18.7. The van der Waals surface area contributed by atoms with Crippen LogP contribution in [0, 0.1) is 5.92 Å². The average Bonchev–Trinajstić information content (AvgIpc) is 2.60. The van der Waals surface area contributed by atoms with E-state index >= 15 is 0 Å². The van der Waals surface area contributed by atoms with Crippen molar-refractivity contribution in [2.24, 2.45) is 11.7 Å². The van der Waals surface area contributed by atoms with E-state index in [2.05, 4.69) is 28.9 Å². The second-order valence-electron chi connectivity index (χ2n) is 7.32. The maximum atomic E-state index is 12.5. The van der Waals surface area contributed by atoms with Crippen LogP contribution in [-0.4, -0.2) is 48.0 Å². The van der Waals surface area contributed by atoms with E-state index in [0.717, 1.165) is 38.9 Å². The number of nitrogens with zero attached hydrogens (tertiary/aromatic N) is 3. The number of carbonyl (C=O) groups is 1. The fourth-order valence-corrected chi connectivity index (χ4v) is 3.57. The summed E-state index contributed by atoms with van der Waals surface area (Å²) in [5.41, 5.74) is 6.69. The number of carbonyl (C=O) groups excluding carboxylic acids is 1. The van der Waals surface area contributed by atoms with Gasteiger partial charge in [0.25, 0.3) is 0 Å². The lowest BCUT2D eigenvalue weighted by Gasteiger charge is -2.35. The summed E-state index contributed by atoms with van der Waals surface area (Å²) >= 11 is 0. The van der Waals surface area contributed by atoms with Crippen molar-refractivity contribution in [2.45, 2.75) is 51.5 Å². The molecule has 0 saturated carbocycles. The third kappa shape index (κ3) is 4.94. The highest BCUT2D eigenvalue weighted by Gasteiger charge is 2.30. The lowest BCUT2D eigenvalue weighted by Crippen LogP contribution is -2.52. The fourth-order valence-electron chi connectivity index (χ4n) is 3.57. The van der Waals surface area contributed by atoms with Crippen LogP contribution in [0.1, 0.15) is 46.0 Å². The fraction of sp³-hybridized carbons (Fsp3) is 0.684. The molecule has 1 saturated heterocycles. The Morgan fingerprint density at radius 3 is 2.58 bits per heavy atom. The van der Waals surface area contributed by atoms with Crippen molar-refractivity contribution >= 4 is 11.6 Å². The molecule has 24 heavy (non-hydrogen) atoms. The summed E-state index contributed by atoms with van der Waals surface area (Å²) < 4.78 is 0. The van der Waals surface area contributed by atoms with Gasteiger partial charge in [0, 0.05) is 44.8 Å². The van der Waals surface area contributed by atoms with Crippen LogP contribution >= 0.6 is 0 Å². The van der Waals surface area contributed by atoms with E-state index in [4.69, 9.17) is 5.73 Å². The zero-order valence-electron chi connectivity index (χ0n) is 15.4. The smallest absolute Gasteiger partial charge is 0.242 e. The van der Waals surface area contributed by atoms with E-state index in [9.17, 15) is 4.79 Å². The molecular weight excluding hydrogens is 300 g/mol. The predicted octanol–water partition coefficient (Wildman–Crippen LogP) is 2.66. The van der Waals surface area contributed by atoms with Crippen molar-refractivity contribution < 1.29 is 4.79 Å². The second-order valence-corrected chi connectivity index (χ2v) is 7.32. The Balaban J connectivity index is 1.75. The number of amides is 1. The van der Waals surface area contributed by atoms with Crippen molar-refractivity contribution in [1.29, 1.82) is 0 Å². The third-order valence-corrected chi connectivity index (χ3v) is 5.12. The third-order valence-electron chi connectivity index (χ3n) is 5.12. The Morgan fingerprint density at radius 2 is 2.00 bits per heavy atom. The Labute approximate surface area is 146 Å². The molecule has 0 aliphatic carbocycles. The molecule has 1 aromatic heterocycles. The number of likely N-dealkylation sites (N-methyl/N-ethyl adjacent to an activating group) is 1. The zero-order valence-corrected chi connectivity index (χ0v) is 15.4. The molecule has 1 amide bonds. The molecule has 1 atom stereocenters. The van der Waals surface area contributed by atoms with Crippen LogP contribution in [-0.2, 0) is 4.79 Å². The maximum absolute atomic E-state index is 12.5. The van der Waals surface area contributed by atoms with Crippen LogP contribution < -0.4 is 10.6 Å². The van der Waals surface area contributed by atoms with Crippen LogP contribution in [0.4, 0.5) is 5.69 Å². The number of piperidine rings is 1. The first-order valence-corrected chi connectivity index (χ1v) is 9.13. The molecule has 0 bridgehead atoms. The summed E-state index contributed by atoms with van der Waals surface area (Å²) in [6, 6.07) is 4.14. The van der Waals surface area contributed by atoms with E-state index in [1.165, 1.54) is 18.5 Å². The number of rotatable bonds is 7. The molecule has 2 N–H and O–H groups in total. The maximum Gasteiger partial charge on any atom is 0.242 e. The van der Waals surface area contributed by atoms with E-state index in [1.54, 1.807) is 0 Å². The van der Waals surface area contributed by atoms with Crippen LogP contribution in [0.2, 0.25) is 0 Å². The summed E-state index contributed by atoms with van der Waals surface area (Å²) in [6.45, 7) is 6.88. The van der Waals surface area contributed by atoms with Gasteiger partial charge in [-0.05, 0) is 50.7 Å². The minimum Gasteiger partial charge on any atom is -0.371 e. The number of aromatic nitrogens is 1. The summed E-state index contributed by atoms with van der Waals surface area (Å²) in [4.78, 5) is 20.8. The highest BCUT2D eigenvalue weighted by atomic mass is 16.2. The first-order valence-electron chi connectivity index (χ1n) is 9.13. The van der Waals surface area contributed by atoms with Gasteiger partial charge < -0.3 is 15.5 Å². The largest absolute Gasteiger partial charge is 0.371 e. The van der Waals surface area contributed by atoms with E-state index in [0.29, 0.717) is 5.92 Å². The Hall–Kier alpha value is -1.62. The lowest BCUT2D eigenvalue weighted by atomic mass is 9.92. The van der Waals surface area contributed by atoms with Crippen molar-refractivity contribution in [3.8, 4) is 0 Å². The number of hydrogen-bond acceptors (Lipinski definition) is 4. The van der Waals surface area contributed by atoms with Crippen LogP contribution in [0.15, 0.2) is 24.5 Å². The molecule has 1 aliphatic rings. The minimum atomic E-state index is -0.728. The molecule has 0 aromatic carbocycles. The van der Waals surface area contributed by atoms with Crippen molar-refractivity contribution in [3.05, 3.63) is 24.5 Å². The molecule has 5 heteroatoms. The monoisotopic (exact) mass is 332 g/mol. The highest BCUT2D eigenvalue weighted by molar-refractivity contribution is 5.85. The first-order chi connectivity index (χ1) is 11.4. The summed E-state index contributed by atoms with van der Waals surface area (Å²) in [5, 5.41) is 0. The molecule has 0 spiro atoms. The summed E-state index contributed by atoms with van der Waals surface area (Å²) in [5.74, 6) is 0.757. The van der Waals surface area contributed by atoms with E-state index < -0.39 is 5.54 Å². The molecule has 2 rings (SSSR count). The van der Waals surface area contributed by atoms with Gasteiger partial charge in [-0.3, -0.25) is 9.78 Å². The Morgan fingerprint density at radius 1 is 1.38 bits per heavy atom. The van der Waals surface area contributed by atoms with Gasteiger partial charge in [0.05, 0.1) is 5.54 Å². The van der Waals surface area contributed by atoms with Gasteiger partial charge >= 0.3 is 0 Å². The topological polar surface area (TPSA) is 62.5 Å². The Bertz CT molecular complexity index is 509. The molecule has 2 heterocycles. The number of nitrogens with two attached hydrogens (primary N) is 1. The number of pyridine rings is 1. The quantitative estimate of drug-likeness (QED) is 0.834. The second kappa shape index (κ2) is 8.47. The molecular formula is C19H32N4O. The van der Waals surface area contributed by atoms with Crippen molar-refractivity contribution in [3.63, 3.8) is 0 Å². The molecule has 1 unspecified atom stereocenters. The van der Waals surface area contributed by atoms with Gasteiger partial charge in [-0.25, -0.2) is 0 Å². The number of hydrogen-bond donors (Lipinski definition) is 1. The van der Waals surface area contributed by atoms with Crippen LogP contribution in [0.5, 0.6) is 0 Å². The van der Waals surface area contributed by atoms with Crippen LogP contribution in [0.25, 0.3) is 0 Å².